The second-order valence-electron chi connectivity index (χ2n) is 2.87. The average Bonchev–Trinajstić information content (AvgIpc) is 2.36. The minimum Gasteiger partial charge on any atom is -0.396 e. The second kappa shape index (κ2) is 3.76. The van der Waals surface area contributed by atoms with Crippen molar-refractivity contribution in [3.8, 4) is 6.07 Å². The average molecular weight is 209 g/mol. The van der Waals surface area contributed by atoms with Crippen LogP contribution in [0.2, 0.25) is 0 Å². The summed E-state index contributed by atoms with van der Waals surface area (Å²) in [6.45, 7) is 1.44. The maximum atomic E-state index is 11.3. The predicted molar refractivity (Wildman–Crippen MR) is 56.3 cm³/mol. The predicted octanol–water partition coefficient (Wildman–Crippen LogP) is 1.40. The Morgan fingerprint density at radius 2 is 2.21 bits per heavy atom. The van der Waals surface area contributed by atoms with Crippen molar-refractivity contribution >= 4 is 23.2 Å². The van der Waals surface area contributed by atoms with Crippen molar-refractivity contribution in [1.29, 1.82) is 5.26 Å². The molecule has 0 saturated carbocycles. The molecule has 0 fully saturated rings. The van der Waals surface area contributed by atoms with Crippen LogP contribution < -0.4 is 5.73 Å². The van der Waals surface area contributed by atoms with Crippen LogP contribution >= 0.6 is 11.8 Å². The molecule has 0 aliphatic carbocycles. The molecule has 2 N–H and O–H groups in total. The summed E-state index contributed by atoms with van der Waals surface area (Å²) in [6.07, 6.45) is 1.85. The molecule has 1 aromatic rings. The molecule has 4 nitrogen and oxygen atoms in total. The molecule has 0 unspecified atom stereocenters. The maximum Gasteiger partial charge on any atom is 0.178 e. The van der Waals surface area contributed by atoms with Crippen LogP contribution in [0.4, 0.5) is 5.69 Å². The number of Topliss-reactive ketones (excluding diaryl/α,β-unsaturated/α-hetero) is 1. The van der Waals surface area contributed by atoms with Gasteiger partial charge in [0.1, 0.15) is 17.3 Å². The van der Waals surface area contributed by atoms with E-state index in [0.717, 1.165) is 5.03 Å². The third-order valence-corrected chi connectivity index (χ3v) is 2.88. The number of carbonyl (C=O) groups excluding carboxylic acids is 1. The molecule has 0 atom stereocenters. The molecule has 74 valence electrons. The minimum absolute atomic E-state index is 0.123. The first kappa shape index (κ1) is 10.7. The Morgan fingerprint density at radius 3 is 2.50 bits per heavy atom. The topological polar surface area (TPSA) is 71.8 Å². The van der Waals surface area contributed by atoms with Gasteiger partial charge in [0.05, 0.1) is 10.7 Å². The number of anilines is 1. The Kier molecular flexibility index (Phi) is 2.87. The van der Waals surface area contributed by atoms with Gasteiger partial charge in [0.2, 0.25) is 0 Å². The number of ketones is 1. The van der Waals surface area contributed by atoms with Gasteiger partial charge in [0, 0.05) is 14.0 Å². The summed E-state index contributed by atoms with van der Waals surface area (Å²) < 4.78 is 1.67. The number of hydrogen-bond acceptors (Lipinski definition) is 4. The monoisotopic (exact) mass is 209 g/mol. The molecule has 0 radical (unpaired) electrons. The Hall–Kier alpha value is -1.41. The standard InChI is InChI=1S/C9H11N3OS/c1-5(13)8-7(11)6(4-10)9(14-3)12(8)2/h11H2,1-3H3. The molecule has 0 spiro atoms. The normalized spacial score (nSPS) is 9.86. The van der Waals surface area contributed by atoms with E-state index in [1.165, 1.54) is 18.7 Å². The number of nitrogens with two attached hydrogens (primary N) is 1. The largest absolute Gasteiger partial charge is 0.396 e. The summed E-state index contributed by atoms with van der Waals surface area (Å²) in [5.41, 5.74) is 6.80. The van der Waals surface area contributed by atoms with Gasteiger partial charge in [0.15, 0.2) is 5.78 Å². The van der Waals surface area contributed by atoms with Crippen LogP contribution in [0.3, 0.4) is 0 Å². The number of nitriles is 1. The molecule has 0 bridgehead atoms. The van der Waals surface area contributed by atoms with Crippen LogP contribution in [0.15, 0.2) is 5.03 Å². The van der Waals surface area contributed by atoms with E-state index in [4.69, 9.17) is 11.0 Å². The number of nitrogens with zero attached hydrogens (tertiary/aromatic N) is 2. The molecule has 1 rings (SSSR count). The lowest BCUT2D eigenvalue weighted by atomic mass is 10.2. The number of hydrogen-bond donors (Lipinski definition) is 1. The van der Waals surface area contributed by atoms with Gasteiger partial charge in [-0.3, -0.25) is 4.79 Å². The highest BCUT2D eigenvalue weighted by atomic mass is 32.2. The molecule has 0 amide bonds. The highest BCUT2D eigenvalue weighted by molar-refractivity contribution is 7.98. The first-order valence-corrected chi connectivity index (χ1v) is 5.20. The lowest BCUT2D eigenvalue weighted by molar-refractivity contribution is 0.101. The summed E-state index contributed by atoms with van der Waals surface area (Å²) in [6, 6.07) is 2.01. The fourth-order valence-corrected chi connectivity index (χ4v) is 2.18. The Labute approximate surface area is 86.7 Å². The molecule has 1 aromatic heterocycles. The molecular weight excluding hydrogens is 198 g/mol. The number of rotatable bonds is 2. The van der Waals surface area contributed by atoms with Crippen molar-refractivity contribution in [2.24, 2.45) is 7.05 Å². The van der Waals surface area contributed by atoms with Crippen molar-refractivity contribution in [1.82, 2.24) is 4.57 Å². The van der Waals surface area contributed by atoms with Crippen molar-refractivity contribution in [3.05, 3.63) is 11.3 Å². The SMILES string of the molecule is CSc1c(C#N)c(N)c(C(C)=O)n1C. The lowest BCUT2D eigenvalue weighted by Crippen LogP contribution is -2.04. The van der Waals surface area contributed by atoms with Gasteiger partial charge in [0.25, 0.3) is 0 Å². The minimum atomic E-state index is -0.123. The second-order valence-corrected chi connectivity index (χ2v) is 3.67. The van der Waals surface area contributed by atoms with Crippen LogP contribution in [0.25, 0.3) is 0 Å². The Balaban J connectivity index is 3.57. The van der Waals surface area contributed by atoms with E-state index in [1.807, 2.05) is 12.3 Å². The number of carbonyl (C=O) groups is 1. The van der Waals surface area contributed by atoms with Gasteiger partial charge < -0.3 is 10.3 Å². The number of thioether (sulfide) groups is 1. The lowest BCUT2D eigenvalue weighted by Gasteiger charge is -2.01. The molecule has 1 heterocycles. The first-order chi connectivity index (χ1) is 6.54. The third-order valence-electron chi connectivity index (χ3n) is 2.02. The van der Waals surface area contributed by atoms with Crippen LogP contribution in [0.1, 0.15) is 23.0 Å². The van der Waals surface area contributed by atoms with Crippen molar-refractivity contribution < 1.29 is 4.79 Å². The van der Waals surface area contributed by atoms with Crippen molar-refractivity contribution in [2.45, 2.75) is 11.9 Å². The Bertz CT molecular complexity index is 428. The van der Waals surface area contributed by atoms with E-state index < -0.39 is 0 Å². The van der Waals surface area contributed by atoms with E-state index in [-0.39, 0.29) is 11.5 Å². The van der Waals surface area contributed by atoms with Gasteiger partial charge in [-0.05, 0) is 6.26 Å². The summed E-state index contributed by atoms with van der Waals surface area (Å²) >= 11 is 1.41. The van der Waals surface area contributed by atoms with Crippen LogP contribution in [-0.4, -0.2) is 16.6 Å². The van der Waals surface area contributed by atoms with E-state index in [1.54, 1.807) is 11.6 Å². The summed E-state index contributed by atoms with van der Waals surface area (Å²) in [4.78, 5) is 11.3. The maximum absolute atomic E-state index is 11.3. The van der Waals surface area contributed by atoms with Gasteiger partial charge in [-0.15, -0.1) is 11.8 Å². The number of nitrogen functional groups attached to an aromatic ring is 1. The molecule has 0 aliphatic heterocycles. The van der Waals surface area contributed by atoms with E-state index in [2.05, 4.69) is 0 Å². The zero-order chi connectivity index (χ0) is 10.9. The third kappa shape index (κ3) is 1.38. The summed E-state index contributed by atoms with van der Waals surface area (Å²) in [5, 5.41) is 9.61. The fraction of sp³-hybridized carbons (Fsp3) is 0.333. The van der Waals surface area contributed by atoms with Gasteiger partial charge in [-0.2, -0.15) is 5.26 Å². The molecule has 5 heteroatoms. The van der Waals surface area contributed by atoms with Crippen molar-refractivity contribution in [3.63, 3.8) is 0 Å². The number of aromatic nitrogens is 1. The zero-order valence-electron chi connectivity index (χ0n) is 8.29. The molecule has 0 saturated heterocycles. The van der Waals surface area contributed by atoms with E-state index in [0.29, 0.717) is 11.3 Å². The quantitative estimate of drug-likeness (QED) is 0.590. The fourth-order valence-electron chi connectivity index (χ4n) is 1.46. The molecule has 0 aliphatic rings. The van der Waals surface area contributed by atoms with Gasteiger partial charge >= 0.3 is 0 Å². The zero-order valence-corrected chi connectivity index (χ0v) is 9.10. The van der Waals surface area contributed by atoms with E-state index in [9.17, 15) is 4.79 Å². The van der Waals surface area contributed by atoms with Gasteiger partial charge in [-0.1, -0.05) is 0 Å². The van der Waals surface area contributed by atoms with Crippen molar-refractivity contribution in [2.75, 3.05) is 12.0 Å². The molecule has 14 heavy (non-hydrogen) atoms. The highest BCUT2D eigenvalue weighted by Gasteiger charge is 2.20. The van der Waals surface area contributed by atoms with Crippen LogP contribution in [-0.2, 0) is 7.05 Å². The molecule has 0 aromatic carbocycles. The Morgan fingerprint density at radius 1 is 1.64 bits per heavy atom. The highest BCUT2D eigenvalue weighted by Crippen LogP contribution is 2.30. The first-order valence-electron chi connectivity index (χ1n) is 3.97. The van der Waals surface area contributed by atoms with E-state index >= 15 is 0 Å². The summed E-state index contributed by atoms with van der Waals surface area (Å²) in [7, 11) is 1.74. The van der Waals surface area contributed by atoms with Crippen LogP contribution in [0.5, 0.6) is 0 Å². The van der Waals surface area contributed by atoms with Gasteiger partial charge in [-0.25, -0.2) is 0 Å². The smallest absolute Gasteiger partial charge is 0.178 e. The molecular formula is C9H11N3OS. The summed E-state index contributed by atoms with van der Waals surface area (Å²) in [5.74, 6) is -0.123. The van der Waals surface area contributed by atoms with Crippen LogP contribution in [0, 0.1) is 11.3 Å².